The van der Waals surface area contributed by atoms with E-state index in [9.17, 15) is 4.79 Å². The van der Waals surface area contributed by atoms with Crippen LogP contribution in [0.1, 0.15) is 33.7 Å². The van der Waals surface area contributed by atoms with E-state index in [1.165, 1.54) is 19.2 Å². The number of furan rings is 1. The lowest BCUT2D eigenvalue weighted by Gasteiger charge is -2.27. The molecule has 45 heavy (non-hydrogen) atoms. The van der Waals surface area contributed by atoms with Crippen LogP contribution in [0.3, 0.4) is 0 Å². The van der Waals surface area contributed by atoms with Gasteiger partial charge in [-0.3, -0.25) is 0 Å². The average molecular weight is 630 g/mol. The Hall–Kier alpha value is -4.80. The smallest absolute Gasteiger partial charge is 0.340 e. The first-order valence-electron chi connectivity index (χ1n) is 14.3. The molecule has 228 valence electrons. The van der Waals surface area contributed by atoms with Crippen LogP contribution in [-0.4, -0.2) is 40.3 Å². The number of carbonyl (C=O) groups is 1. The third kappa shape index (κ3) is 5.51. The second kappa shape index (κ2) is 11.9. The lowest BCUT2D eigenvalue weighted by molar-refractivity contribution is -0.0590. The van der Waals surface area contributed by atoms with E-state index in [1.807, 2.05) is 6.07 Å². The molecule has 0 aliphatic carbocycles. The number of rotatable bonds is 9. The van der Waals surface area contributed by atoms with E-state index < -0.39 is 17.6 Å². The summed E-state index contributed by atoms with van der Waals surface area (Å²) in [6.45, 7) is 1.15. The molecule has 3 aromatic carbocycles. The number of pyridine rings is 1. The van der Waals surface area contributed by atoms with Gasteiger partial charge in [0, 0.05) is 35.6 Å². The summed E-state index contributed by atoms with van der Waals surface area (Å²) in [5.41, 5.74) is 3.26. The van der Waals surface area contributed by atoms with Gasteiger partial charge in [-0.25, -0.2) is 23.5 Å². The van der Waals surface area contributed by atoms with Crippen LogP contribution in [0.4, 0.5) is 8.78 Å². The first-order chi connectivity index (χ1) is 21.9. The Labute approximate surface area is 261 Å². The van der Waals surface area contributed by atoms with Crippen molar-refractivity contribution in [1.82, 2.24) is 14.5 Å². The van der Waals surface area contributed by atoms with Gasteiger partial charge in [-0.05, 0) is 48.4 Å². The van der Waals surface area contributed by atoms with E-state index in [2.05, 4.69) is 9.97 Å². The highest BCUT2D eigenvalue weighted by Crippen LogP contribution is 2.30. The summed E-state index contributed by atoms with van der Waals surface area (Å²) in [7, 11) is 1.20. The number of esters is 1. The summed E-state index contributed by atoms with van der Waals surface area (Å²) < 4.78 is 54.7. The number of nitrogens with zero attached hydrogens (tertiary/aromatic N) is 3. The predicted molar refractivity (Wildman–Crippen MR) is 163 cm³/mol. The zero-order valence-electron chi connectivity index (χ0n) is 24.1. The minimum Gasteiger partial charge on any atom is -0.473 e. The molecule has 1 atom stereocenters. The van der Waals surface area contributed by atoms with Crippen LogP contribution in [0.5, 0.6) is 5.88 Å². The third-order valence-corrected chi connectivity index (χ3v) is 8.28. The maximum atomic E-state index is 15.6. The van der Waals surface area contributed by atoms with Crippen LogP contribution in [0.15, 0.2) is 77.4 Å². The SMILES string of the molecule is COC(=O)c1ccc2nc(Cc3ccc(-c4cccc(OCc5ccc(Cl)c6ccoc56)n4)cc3F)n(C[C@@H]3CCO3)c2c1F. The highest BCUT2D eigenvalue weighted by molar-refractivity contribution is 6.35. The van der Waals surface area contributed by atoms with E-state index in [4.69, 9.17) is 30.2 Å². The average Bonchev–Trinajstić information content (AvgIpc) is 3.66. The fourth-order valence-electron chi connectivity index (χ4n) is 5.49. The lowest BCUT2D eigenvalue weighted by Crippen LogP contribution is -2.32. The van der Waals surface area contributed by atoms with Crippen molar-refractivity contribution in [3.8, 4) is 17.1 Å². The number of hydrogen-bond acceptors (Lipinski definition) is 7. The van der Waals surface area contributed by atoms with Gasteiger partial charge in [-0.2, -0.15) is 0 Å². The number of benzene rings is 3. The van der Waals surface area contributed by atoms with E-state index in [0.717, 1.165) is 17.4 Å². The van der Waals surface area contributed by atoms with Gasteiger partial charge in [-0.15, -0.1) is 0 Å². The molecule has 8 nitrogen and oxygen atoms in total. The molecule has 0 radical (unpaired) electrons. The second-order valence-corrected chi connectivity index (χ2v) is 11.1. The zero-order valence-corrected chi connectivity index (χ0v) is 24.8. The normalized spacial score (nSPS) is 14.5. The lowest BCUT2D eigenvalue weighted by atomic mass is 10.1. The van der Waals surface area contributed by atoms with Gasteiger partial charge in [0.1, 0.15) is 29.3 Å². The standard InChI is InChI=1S/C34H26ClF2N3O5/c1-42-34(41)24-8-10-28-32(31(24)37)40(17-22-11-13-43-22)29(38-28)16-19-5-6-20(15-26(19)36)27-3-2-4-30(39-27)45-18-21-7-9-25(35)23-12-14-44-33(21)23/h2-10,12,14-15,22H,11,13,16-18H2,1H3/t22-/m0/s1. The number of imidazole rings is 1. The molecule has 4 heterocycles. The van der Waals surface area contributed by atoms with Crippen molar-refractivity contribution in [3.05, 3.63) is 112 Å². The van der Waals surface area contributed by atoms with E-state index >= 15 is 8.78 Å². The summed E-state index contributed by atoms with van der Waals surface area (Å²) in [6, 6.07) is 18.5. The summed E-state index contributed by atoms with van der Waals surface area (Å²) in [6.07, 6.45) is 2.36. The summed E-state index contributed by atoms with van der Waals surface area (Å²) in [5.74, 6) is -1.16. The molecule has 0 spiro atoms. The molecule has 11 heteroatoms. The Morgan fingerprint density at radius 1 is 1.07 bits per heavy atom. The highest BCUT2D eigenvalue weighted by Gasteiger charge is 2.26. The van der Waals surface area contributed by atoms with Crippen LogP contribution in [0, 0.1) is 11.6 Å². The molecule has 6 aromatic rings. The molecule has 0 amide bonds. The van der Waals surface area contributed by atoms with Crippen molar-refractivity contribution in [3.63, 3.8) is 0 Å². The summed E-state index contributed by atoms with van der Waals surface area (Å²) in [5, 5.41) is 1.40. The number of methoxy groups -OCH3 is 1. The zero-order chi connectivity index (χ0) is 31.1. The summed E-state index contributed by atoms with van der Waals surface area (Å²) in [4.78, 5) is 21.3. The molecule has 1 fully saturated rings. The van der Waals surface area contributed by atoms with E-state index in [-0.39, 0.29) is 30.2 Å². The van der Waals surface area contributed by atoms with Crippen LogP contribution < -0.4 is 4.74 Å². The van der Waals surface area contributed by atoms with Gasteiger partial charge in [0.05, 0.1) is 47.8 Å². The van der Waals surface area contributed by atoms with E-state index in [0.29, 0.717) is 57.8 Å². The Kier molecular flexibility index (Phi) is 7.68. The van der Waals surface area contributed by atoms with Crippen LogP contribution in [-0.2, 0) is 29.0 Å². The monoisotopic (exact) mass is 629 g/mol. The molecule has 0 unspecified atom stereocenters. The van der Waals surface area contributed by atoms with Gasteiger partial charge in [0.25, 0.3) is 0 Å². The summed E-state index contributed by atoms with van der Waals surface area (Å²) >= 11 is 6.24. The Balaban J connectivity index is 1.14. The number of fused-ring (bicyclic) bond motifs is 2. The van der Waals surface area contributed by atoms with Crippen LogP contribution >= 0.6 is 11.6 Å². The van der Waals surface area contributed by atoms with Crippen molar-refractivity contribution in [2.24, 2.45) is 0 Å². The van der Waals surface area contributed by atoms with Gasteiger partial charge >= 0.3 is 5.97 Å². The molecular formula is C34H26ClF2N3O5. The van der Waals surface area contributed by atoms with E-state index in [1.54, 1.807) is 59.4 Å². The Morgan fingerprint density at radius 3 is 2.69 bits per heavy atom. The van der Waals surface area contributed by atoms with Gasteiger partial charge in [0.15, 0.2) is 5.82 Å². The largest absolute Gasteiger partial charge is 0.473 e. The topological polar surface area (TPSA) is 88.6 Å². The Morgan fingerprint density at radius 2 is 1.91 bits per heavy atom. The number of halogens is 3. The maximum Gasteiger partial charge on any atom is 0.340 e. The molecule has 0 N–H and O–H groups in total. The molecule has 1 aliphatic heterocycles. The minimum atomic E-state index is -0.784. The third-order valence-electron chi connectivity index (χ3n) is 7.95. The van der Waals surface area contributed by atoms with Crippen molar-refractivity contribution >= 4 is 39.6 Å². The number of hydrogen-bond donors (Lipinski definition) is 0. The quantitative estimate of drug-likeness (QED) is 0.153. The second-order valence-electron chi connectivity index (χ2n) is 10.7. The molecular weight excluding hydrogens is 604 g/mol. The van der Waals surface area contributed by atoms with Crippen LogP contribution in [0.25, 0.3) is 33.3 Å². The first-order valence-corrected chi connectivity index (χ1v) is 14.7. The predicted octanol–water partition coefficient (Wildman–Crippen LogP) is 7.52. The van der Waals surface area contributed by atoms with Crippen molar-refractivity contribution < 1.29 is 32.2 Å². The van der Waals surface area contributed by atoms with Crippen LogP contribution in [0.2, 0.25) is 5.02 Å². The minimum absolute atomic E-state index is 0.0967. The molecule has 3 aromatic heterocycles. The van der Waals surface area contributed by atoms with Crippen molar-refractivity contribution in [1.29, 1.82) is 0 Å². The maximum absolute atomic E-state index is 15.6. The van der Waals surface area contributed by atoms with Gasteiger partial charge in [-0.1, -0.05) is 35.9 Å². The Bertz CT molecular complexity index is 2070. The molecule has 0 saturated carbocycles. The molecule has 1 aliphatic rings. The highest BCUT2D eigenvalue weighted by atomic mass is 35.5. The fraction of sp³-hybridized carbons (Fsp3) is 0.206. The van der Waals surface area contributed by atoms with Crippen molar-refractivity contribution in [2.45, 2.75) is 32.1 Å². The van der Waals surface area contributed by atoms with Crippen molar-refractivity contribution in [2.75, 3.05) is 13.7 Å². The number of ether oxygens (including phenoxy) is 3. The fourth-order valence-corrected chi connectivity index (χ4v) is 5.70. The van der Waals surface area contributed by atoms with Gasteiger partial charge in [0.2, 0.25) is 5.88 Å². The molecule has 7 rings (SSSR count). The first kappa shape index (κ1) is 28.9. The number of carbonyl (C=O) groups excluding carboxylic acids is 1. The molecule has 1 saturated heterocycles. The van der Waals surface area contributed by atoms with Gasteiger partial charge < -0.3 is 23.2 Å². The number of aromatic nitrogens is 3. The molecule has 0 bridgehead atoms.